The van der Waals surface area contributed by atoms with Gasteiger partial charge in [0, 0.05) is 11.5 Å². The fourth-order valence-corrected chi connectivity index (χ4v) is 2.51. The number of nitrogens with two attached hydrogens (primary N) is 1. The van der Waals surface area contributed by atoms with Crippen LogP contribution < -0.4 is 10.5 Å². The van der Waals surface area contributed by atoms with E-state index in [-0.39, 0.29) is 6.04 Å². The molecule has 0 saturated heterocycles. The third-order valence-electron chi connectivity index (χ3n) is 3.02. The van der Waals surface area contributed by atoms with Gasteiger partial charge in [-0.15, -0.1) is 0 Å². The molecule has 1 heterocycles. The molecule has 2 rings (SSSR count). The molecule has 1 atom stereocenters. The zero-order chi connectivity index (χ0) is 13.3. The summed E-state index contributed by atoms with van der Waals surface area (Å²) in [6, 6.07) is 5.77. The van der Waals surface area contributed by atoms with E-state index in [9.17, 15) is 0 Å². The Hall–Kier alpha value is -1.33. The molecule has 1 aromatic heterocycles. The van der Waals surface area contributed by atoms with Gasteiger partial charge in [0.05, 0.1) is 19.3 Å². The number of hydrogen-bond acceptors (Lipinski definition) is 3. The summed E-state index contributed by atoms with van der Waals surface area (Å²) >= 11 is 3.59. The molecule has 18 heavy (non-hydrogen) atoms. The summed E-state index contributed by atoms with van der Waals surface area (Å²) in [5, 5.41) is 4.18. The van der Waals surface area contributed by atoms with E-state index in [0.717, 1.165) is 21.3 Å². The minimum absolute atomic E-state index is 0.276. The number of methoxy groups -OCH3 is 1. The summed E-state index contributed by atoms with van der Waals surface area (Å²) in [6.45, 7) is 2.04. The van der Waals surface area contributed by atoms with Crippen molar-refractivity contribution in [2.45, 2.75) is 13.0 Å². The molecule has 0 saturated carbocycles. The number of hydrogen-bond donors (Lipinski definition) is 1. The van der Waals surface area contributed by atoms with Gasteiger partial charge in [0.25, 0.3) is 0 Å². The minimum Gasteiger partial charge on any atom is -0.493 e. The first-order valence-electron chi connectivity index (χ1n) is 5.62. The Kier molecular flexibility index (Phi) is 3.73. The molecule has 0 aliphatic rings. The van der Waals surface area contributed by atoms with Crippen LogP contribution in [-0.4, -0.2) is 16.9 Å². The molecular formula is C13H16BrN3O. The molecule has 1 aromatic carbocycles. The summed E-state index contributed by atoms with van der Waals surface area (Å²) in [7, 11) is 3.49. The number of aromatic nitrogens is 2. The number of halogens is 1. The van der Waals surface area contributed by atoms with E-state index < -0.39 is 0 Å². The Balaban J connectivity index is 2.51. The maximum absolute atomic E-state index is 6.34. The first kappa shape index (κ1) is 13.1. The van der Waals surface area contributed by atoms with Crippen LogP contribution in [0.1, 0.15) is 22.9 Å². The van der Waals surface area contributed by atoms with Gasteiger partial charge in [-0.25, -0.2) is 0 Å². The highest BCUT2D eigenvalue weighted by atomic mass is 79.9. The first-order chi connectivity index (χ1) is 8.56. The lowest BCUT2D eigenvalue weighted by Gasteiger charge is -2.17. The van der Waals surface area contributed by atoms with Crippen molar-refractivity contribution in [3.63, 3.8) is 0 Å². The van der Waals surface area contributed by atoms with Gasteiger partial charge in [0.2, 0.25) is 0 Å². The highest BCUT2D eigenvalue weighted by Gasteiger charge is 2.21. The van der Waals surface area contributed by atoms with Crippen molar-refractivity contribution < 1.29 is 4.74 Å². The monoisotopic (exact) mass is 309 g/mol. The average molecular weight is 310 g/mol. The second-order valence-corrected chi connectivity index (χ2v) is 4.97. The summed E-state index contributed by atoms with van der Waals surface area (Å²) in [4.78, 5) is 0. The fraction of sp³-hybridized carbons (Fsp3) is 0.308. The third-order valence-corrected chi connectivity index (χ3v) is 4.10. The molecule has 96 valence electrons. The molecule has 0 bridgehead atoms. The van der Waals surface area contributed by atoms with E-state index in [4.69, 9.17) is 10.5 Å². The second-order valence-electron chi connectivity index (χ2n) is 4.18. The Bertz CT molecular complexity index is 565. The minimum atomic E-state index is -0.276. The zero-order valence-electron chi connectivity index (χ0n) is 10.6. The van der Waals surface area contributed by atoms with Crippen LogP contribution in [0.3, 0.4) is 0 Å². The van der Waals surface area contributed by atoms with E-state index in [2.05, 4.69) is 21.0 Å². The number of ether oxygens (including phenoxy) is 1. The molecule has 0 spiro atoms. The Morgan fingerprint density at radius 2 is 2.17 bits per heavy atom. The molecule has 0 radical (unpaired) electrons. The van der Waals surface area contributed by atoms with E-state index in [1.54, 1.807) is 18.0 Å². The molecule has 2 aromatic rings. The van der Waals surface area contributed by atoms with Gasteiger partial charge in [0.1, 0.15) is 5.69 Å². The molecular weight excluding hydrogens is 294 g/mol. The predicted molar refractivity (Wildman–Crippen MR) is 74.7 cm³/mol. The Morgan fingerprint density at radius 1 is 1.44 bits per heavy atom. The van der Waals surface area contributed by atoms with E-state index in [1.807, 2.05) is 32.2 Å². The summed E-state index contributed by atoms with van der Waals surface area (Å²) in [5.74, 6) is 0.707. The van der Waals surface area contributed by atoms with Crippen molar-refractivity contribution in [3.05, 3.63) is 45.7 Å². The van der Waals surface area contributed by atoms with E-state index in [1.165, 1.54) is 0 Å². The van der Waals surface area contributed by atoms with Crippen LogP contribution >= 0.6 is 15.9 Å². The van der Waals surface area contributed by atoms with Crippen LogP contribution in [0.4, 0.5) is 0 Å². The van der Waals surface area contributed by atoms with Gasteiger partial charge < -0.3 is 10.5 Å². The summed E-state index contributed by atoms with van der Waals surface area (Å²) < 4.78 is 8.08. The highest BCUT2D eigenvalue weighted by Crippen LogP contribution is 2.32. The SMILES string of the molecule is COc1cnn(C)c1C(N)c1cccc(C)c1Br. The van der Waals surface area contributed by atoms with Crippen molar-refractivity contribution in [1.82, 2.24) is 9.78 Å². The van der Waals surface area contributed by atoms with Crippen molar-refractivity contribution in [2.75, 3.05) is 7.11 Å². The third kappa shape index (κ3) is 2.15. The molecule has 0 aliphatic carbocycles. The van der Waals surface area contributed by atoms with Crippen LogP contribution in [0.15, 0.2) is 28.9 Å². The molecule has 2 N–H and O–H groups in total. The van der Waals surface area contributed by atoms with Gasteiger partial charge in [-0.3, -0.25) is 4.68 Å². The normalized spacial score (nSPS) is 12.5. The molecule has 0 amide bonds. The molecule has 5 heteroatoms. The topological polar surface area (TPSA) is 53.1 Å². The second kappa shape index (κ2) is 5.12. The van der Waals surface area contributed by atoms with Crippen LogP contribution in [0.5, 0.6) is 5.75 Å². The van der Waals surface area contributed by atoms with Crippen LogP contribution in [0.25, 0.3) is 0 Å². The van der Waals surface area contributed by atoms with Crippen molar-refractivity contribution >= 4 is 15.9 Å². The smallest absolute Gasteiger partial charge is 0.161 e. The number of nitrogens with zero attached hydrogens (tertiary/aromatic N) is 2. The van der Waals surface area contributed by atoms with Gasteiger partial charge in [0.15, 0.2) is 5.75 Å². The highest BCUT2D eigenvalue weighted by molar-refractivity contribution is 9.10. The lowest BCUT2D eigenvalue weighted by molar-refractivity contribution is 0.406. The lowest BCUT2D eigenvalue weighted by atomic mass is 10.0. The van der Waals surface area contributed by atoms with Gasteiger partial charge in [-0.1, -0.05) is 34.1 Å². The Labute approximate surface area is 115 Å². The first-order valence-corrected chi connectivity index (χ1v) is 6.42. The van der Waals surface area contributed by atoms with Gasteiger partial charge in [-0.2, -0.15) is 5.10 Å². The van der Waals surface area contributed by atoms with Crippen molar-refractivity contribution in [3.8, 4) is 5.75 Å². The van der Waals surface area contributed by atoms with Crippen molar-refractivity contribution in [2.24, 2.45) is 12.8 Å². The molecule has 4 nitrogen and oxygen atoms in total. The largest absolute Gasteiger partial charge is 0.493 e. The maximum Gasteiger partial charge on any atom is 0.161 e. The van der Waals surface area contributed by atoms with Crippen molar-refractivity contribution in [1.29, 1.82) is 0 Å². The summed E-state index contributed by atoms with van der Waals surface area (Å²) in [6.07, 6.45) is 1.68. The van der Waals surface area contributed by atoms with Gasteiger partial charge in [-0.05, 0) is 18.1 Å². The van der Waals surface area contributed by atoms with E-state index >= 15 is 0 Å². The lowest BCUT2D eigenvalue weighted by Crippen LogP contribution is -2.17. The predicted octanol–water partition coefficient (Wildman–Crippen LogP) is 2.55. The quantitative estimate of drug-likeness (QED) is 0.948. The van der Waals surface area contributed by atoms with Crippen LogP contribution in [0.2, 0.25) is 0 Å². The molecule has 0 fully saturated rings. The maximum atomic E-state index is 6.34. The molecule has 0 aliphatic heterocycles. The Morgan fingerprint density at radius 3 is 2.83 bits per heavy atom. The van der Waals surface area contributed by atoms with Crippen LogP contribution in [0, 0.1) is 6.92 Å². The van der Waals surface area contributed by atoms with Gasteiger partial charge >= 0.3 is 0 Å². The number of benzene rings is 1. The molecule has 1 unspecified atom stereocenters. The average Bonchev–Trinajstić information content (AvgIpc) is 2.73. The standard InChI is InChI=1S/C13H16BrN3O/c1-8-5-4-6-9(11(8)14)12(15)13-10(18-3)7-16-17(13)2/h4-7,12H,15H2,1-3H3. The number of aryl methyl sites for hydroxylation is 2. The number of rotatable bonds is 3. The summed E-state index contributed by atoms with van der Waals surface area (Å²) in [5.41, 5.74) is 9.38. The van der Waals surface area contributed by atoms with Crippen LogP contribution in [-0.2, 0) is 7.05 Å². The fourth-order valence-electron chi connectivity index (χ4n) is 2.00. The zero-order valence-corrected chi connectivity index (χ0v) is 12.2. The van der Waals surface area contributed by atoms with E-state index in [0.29, 0.717) is 5.75 Å².